The summed E-state index contributed by atoms with van der Waals surface area (Å²) in [6, 6.07) is 21.7. The van der Waals surface area contributed by atoms with Crippen molar-refractivity contribution >= 4 is 6.08 Å². The lowest BCUT2D eigenvalue weighted by Gasteiger charge is -2.30. The van der Waals surface area contributed by atoms with Gasteiger partial charge in [0.15, 0.2) is 0 Å². The second-order valence-electron chi connectivity index (χ2n) is 5.74. The lowest BCUT2D eigenvalue weighted by molar-refractivity contribution is 0.363. The molecule has 2 atom stereocenters. The molecule has 1 aliphatic carbocycles. The van der Waals surface area contributed by atoms with Gasteiger partial charge in [0, 0.05) is 0 Å². The van der Waals surface area contributed by atoms with Crippen molar-refractivity contribution in [2.24, 2.45) is 5.92 Å². The van der Waals surface area contributed by atoms with Crippen molar-refractivity contribution in [2.45, 2.75) is 31.6 Å². The Labute approximate surface area is 122 Å². The first-order valence-electron chi connectivity index (χ1n) is 7.72. The maximum atomic E-state index is 2.44. The second-order valence-corrected chi connectivity index (χ2v) is 5.74. The van der Waals surface area contributed by atoms with E-state index >= 15 is 0 Å². The maximum absolute atomic E-state index is 2.44. The highest BCUT2D eigenvalue weighted by Gasteiger charge is 2.24. The van der Waals surface area contributed by atoms with Crippen molar-refractivity contribution < 1.29 is 0 Å². The van der Waals surface area contributed by atoms with Crippen LogP contribution in [0, 0.1) is 5.92 Å². The molecular formula is C20H22. The van der Waals surface area contributed by atoms with Crippen molar-refractivity contribution in [1.29, 1.82) is 0 Å². The standard InChI is InChI=1S/C20H22/c1-3-9-17(10-4-1)15-16-19-13-7-8-14-20(19)18-11-5-2-6-12-18/h1-6,9-12,15-16,19-20H,7-8,13-14H2. The van der Waals surface area contributed by atoms with E-state index in [0.29, 0.717) is 11.8 Å². The third-order valence-electron chi connectivity index (χ3n) is 4.38. The van der Waals surface area contributed by atoms with Gasteiger partial charge in [-0.2, -0.15) is 0 Å². The SMILES string of the molecule is C(=CC1CCCCC1c1ccccc1)c1ccccc1. The number of hydrogen-bond acceptors (Lipinski definition) is 0. The lowest BCUT2D eigenvalue weighted by atomic mass is 9.75. The Kier molecular flexibility index (Phi) is 4.32. The number of rotatable bonds is 3. The summed E-state index contributed by atoms with van der Waals surface area (Å²) in [6.45, 7) is 0. The smallest absolute Gasteiger partial charge is 0.00989 e. The normalized spacial score (nSPS) is 23.0. The second kappa shape index (κ2) is 6.56. The van der Waals surface area contributed by atoms with Gasteiger partial charge in [0.25, 0.3) is 0 Å². The van der Waals surface area contributed by atoms with Crippen LogP contribution in [0.5, 0.6) is 0 Å². The largest absolute Gasteiger partial charge is 0.0802 e. The van der Waals surface area contributed by atoms with Gasteiger partial charge in [-0.25, -0.2) is 0 Å². The molecule has 0 N–H and O–H groups in total. The van der Waals surface area contributed by atoms with Gasteiger partial charge in [0.05, 0.1) is 0 Å². The minimum atomic E-state index is 0.686. The number of benzene rings is 2. The quantitative estimate of drug-likeness (QED) is 0.668. The maximum Gasteiger partial charge on any atom is -0.00989 e. The zero-order valence-corrected chi connectivity index (χ0v) is 11.9. The number of hydrogen-bond donors (Lipinski definition) is 0. The summed E-state index contributed by atoms with van der Waals surface area (Å²) in [4.78, 5) is 0. The first kappa shape index (κ1) is 13.2. The monoisotopic (exact) mass is 262 g/mol. The molecule has 0 spiro atoms. The summed E-state index contributed by atoms with van der Waals surface area (Å²) < 4.78 is 0. The molecule has 1 fully saturated rings. The van der Waals surface area contributed by atoms with E-state index in [0.717, 1.165) is 0 Å². The average Bonchev–Trinajstić information content (AvgIpc) is 2.55. The molecule has 20 heavy (non-hydrogen) atoms. The van der Waals surface area contributed by atoms with Crippen molar-refractivity contribution in [2.75, 3.05) is 0 Å². The van der Waals surface area contributed by atoms with Gasteiger partial charge in [-0.15, -0.1) is 0 Å². The predicted octanol–water partition coefficient (Wildman–Crippen LogP) is 5.67. The van der Waals surface area contributed by atoms with Crippen LogP contribution in [0.25, 0.3) is 6.08 Å². The van der Waals surface area contributed by atoms with E-state index in [9.17, 15) is 0 Å². The van der Waals surface area contributed by atoms with Crippen LogP contribution in [0.15, 0.2) is 66.7 Å². The van der Waals surface area contributed by atoms with Crippen LogP contribution in [0.1, 0.15) is 42.7 Å². The first-order chi connectivity index (χ1) is 9.93. The Bertz CT molecular complexity index is 539. The Balaban J connectivity index is 1.78. The number of allylic oxidation sites excluding steroid dienone is 1. The fraction of sp³-hybridized carbons (Fsp3) is 0.300. The van der Waals surface area contributed by atoms with E-state index in [1.54, 1.807) is 0 Å². The van der Waals surface area contributed by atoms with Crippen molar-refractivity contribution in [3.05, 3.63) is 77.9 Å². The molecule has 0 heteroatoms. The molecule has 102 valence electrons. The zero-order chi connectivity index (χ0) is 13.6. The molecular weight excluding hydrogens is 240 g/mol. The molecule has 2 aromatic carbocycles. The van der Waals surface area contributed by atoms with Crippen LogP contribution in [0.4, 0.5) is 0 Å². The Hall–Kier alpha value is -1.82. The van der Waals surface area contributed by atoms with Crippen LogP contribution in [0.2, 0.25) is 0 Å². The molecule has 0 nitrogen and oxygen atoms in total. The Morgan fingerprint density at radius 2 is 1.40 bits per heavy atom. The van der Waals surface area contributed by atoms with E-state index in [1.807, 2.05) is 0 Å². The molecule has 1 aliphatic rings. The van der Waals surface area contributed by atoms with Crippen LogP contribution in [0.3, 0.4) is 0 Å². The van der Waals surface area contributed by atoms with Crippen LogP contribution >= 0.6 is 0 Å². The van der Waals surface area contributed by atoms with E-state index < -0.39 is 0 Å². The van der Waals surface area contributed by atoms with Crippen LogP contribution < -0.4 is 0 Å². The molecule has 0 aliphatic heterocycles. The highest BCUT2D eigenvalue weighted by atomic mass is 14.3. The minimum absolute atomic E-state index is 0.686. The van der Waals surface area contributed by atoms with E-state index in [4.69, 9.17) is 0 Å². The Morgan fingerprint density at radius 1 is 0.750 bits per heavy atom. The van der Waals surface area contributed by atoms with Crippen molar-refractivity contribution in [3.63, 3.8) is 0 Å². The van der Waals surface area contributed by atoms with Crippen LogP contribution in [-0.4, -0.2) is 0 Å². The molecule has 0 heterocycles. The van der Waals surface area contributed by atoms with Crippen molar-refractivity contribution in [3.8, 4) is 0 Å². The van der Waals surface area contributed by atoms with Gasteiger partial charge in [-0.1, -0.05) is 85.7 Å². The summed E-state index contributed by atoms with van der Waals surface area (Å²) in [7, 11) is 0. The van der Waals surface area contributed by atoms with Gasteiger partial charge in [-0.3, -0.25) is 0 Å². The summed E-state index contributed by atoms with van der Waals surface area (Å²) in [5.74, 6) is 1.39. The lowest BCUT2D eigenvalue weighted by Crippen LogP contribution is -2.15. The summed E-state index contributed by atoms with van der Waals surface area (Å²) in [6.07, 6.45) is 10.1. The summed E-state index contributed by atoms with van der Waals surface area (Å²) in [5.41, 5.74) is 2.82. The van der Waals surface area contributed by atoms with Gasteiger partial charge in [0.1, 0.15) is 0 Å². The first-order valence-corrected chi connectivity index (χ1v) is 7.72. The molecule has 0 saturated heterocycles. The van der Waals surface area contributed by atoms with Gasteiger partial charge < -0.3 is 0 Å². The predicted molar refractivity (Wildman–Crippen MR) is 86.6 cm³/mol. The fourth-order valence-electron chi connectivity index (χ4n) is 3.30. The van der Waals surface area contributed by atoms with Gasteiger partial charge in [-0.05, 0) is 35.8 Å². The van der Waals surface area contributed by atoms with Gasteiger partial charge >= 0.3 is 0 Å². The average molecular weight is 262 g/mol. The fourth-order valence-corrected chi connectivity index (χ4v) is 3.30. The molecule has 3 rings (SSSR count). The zero-order valence-electron chi connectivity index (χ0n) is 11.9. The van der Waals surface area contributed by atoms with Crippen LogP contribution in [-0.2, 0) is 0 Å². The molecule has 2 unspecified atom stereocenters. The van der Waals surface area contributed by atoms with E-state index in [1.165, 1.54) is 36.8 Å². The molecule has 2 aromatic rings. The van der Waals surface area contributed by atoms with Gasteiger partial charge in [0.2, 0.25) is 0 Å². The molecule has 0 bridgehead atoms. The minimum Gasteiger partial charge on any atom is -0.0802 e. The summed E-state index contributed by atoms with van der Waals surface area (Å²) in [5, 5.41) is 0. The topological polar surface area (TPSA) is 0 Å². The third-order valence-corrected chi connectivity index (χ3v) is 4.38. The highest BCUT2D eigenvalue weighted by Crippen LogP contribution is 2.38. The van der Waals surface area contributed by atoms with E-state index in [2.05, 4.69) is 72.8 Å². The molecule has 0 radical (unpaired) electrons. The van der Waals surface area contributed by atoms with E-state index in [-0.39, 0.29) is 0 Å². The summed E-state index contributed by atoms with van der Waals surface area (Å²) >= 11 is 0. The van der Waals surface area contributed by atoms with Crippen molar-refractivity contribution in [1.82, 2.24) is 0 Å². The highest BCUT2D eigenvalue weighted by molar-refractivity contribution is 5.49. The molecule has 1 saturated carbocycles. The molecule has 0 aromatic heterocycles. The Morgan fingerprint density at radius 3 is 2.15 bits per heavy atom. The molecule has 0 amide bonds. The third kappa shape index (κ3) is 3.19.